The molecule has 3 rings (SSSR count). The Bertz CT molecular complexity index is 705. The standard InChI is InChI=1S/C28H38O/c1-3-5-7-8-23-9-13-25(14-10-23)27-17-19-28(20-18-27)26-15-11-24(12-16-26)22-29-21-6-4-2/h3,11-12,15-20,23,25H,1,4-10,13-14,21-22H2,2H3/t23-,25-. The second-order valence-corrected chi connectivity index (χ2v) is 8.66. The highest BCUT2D eigenvalue weighted by Crippen LogP contribution is 2.38. The first-order valence-corrected chi connectivity index (χ1v) is 11.7. The van der Waals surface area contributed by atoms with Crippen molar-refractivity contribution in [2.75, 3.05) is 6.61 Å². The number of hydrogen-bond acceptors (Lipinski definition) is 1. The summed E-state index contributed by atoms with van der Waals surface area (Å²) in [7, 11) is 0. The minimum Gasteiger partial charge on any atom is -0.377 e. The molecule has 1 heteroatoms. The van der Waals surface area contributed by atoms with Gasteiger partial charge in [0.05, 0.1) is 6.61 Å². The molecule has 2 aromatic carbocycles. The van der Waals surface area contributed by atoms with E-state index in [2.05, 4.69) is 68.1 Å². The average molecular weight is 391 g/mol. The zero-order valence-corrected chi connectivity index (χ0v) is 18.2. The van der Waals surface area contributed by atoms with Crippen molar-refractivity contribution in [3.63, 3.8) is 0 Å². The Balaban J connectivity index is 1.49. The second kappa shape index (κ2) is 12.0. The molecule has 0 saturated heterocycles. The molecule has 0 heterocycles. The topological polar surface area (TPSA) is 9.23 Å². The van der Waals surface area contributed by atoms with Crippen LogP contribution in [-0.2, 0) is 11.3 Å². The molecule has 0 amide bonds. The van der Waals surface area contributed by atoms with E-state index in [9.17, 15) is 0 Å². The summed E-state index contributed by atoms with van der Waals surface area (Å²) in [5, 5.41) is 0. The van der Waals surface area contributed by atoms with Crippen LogP contribution in [0.4, 0.5) is 0 Å². The summed E-state index contributed by atoms with van der Waals surface area (Å²) in [6.45, 7) is 7.61. The summed E-state index contributed by atoms with van der Waals surface area (Å²) in [6, 6.07) is 18.2. The summed E-state index contributed by atoms with van der Waals surface area (Å²) in [5.41, 5.74) is 5.38. The highest BCUT2D eigenvalue weighted by atomic mass is 16.5. The Kier molecular flexibility index (Phi) is 9.02. The van der Waals surface area contributed by atoms with Crippen LogP contribution in [0.1, 0.15) is 81.8 Å². The number of rotatable bonds is 11. The Morgan fingerprint density at radius 1 is 0.897 bits per heavy atom. The Hall–Kier alpha value is -1.86. The van der Waals surface area contributed by atoms with Crippen molar-refractivity contribution in [2.45, 2.75) is 77.2 Å². The van der Waals surface area contributed by atoms with Crippen LogP contribution in [0.25, 0.3) is 11.1 Å². The molecular weight excluding hydrogens is 352 g/mol. The van der Waals surface area contributed by atoms with Crippen LogP contribution in [0.2, 0.25) is 0 Å². The maximum absolute atomic E-state index is 5.72. The van der Waals surface area contributed by atoms with Crippen molar-refractivity contribution < 1.29 is 4.74 Å². The molecular formula is C28H38O. The van der Waals surface area contributed by atoms with Gasteiger partial charge in [0.2, 0.25) is 0 Å². The minimum absolute atomic E-state index is 0.718. The van der Waals surface area contributed by atoms with Crippen molar-refractivity contribution in [3.8, 4) is 11.1 Å². The molecule has 0 N–H and O–H groups in total. The lowest BCUT2D eigenvalue weighted by Gasteiger charge is -2.29. The molecule has 0 unspecified atom stereocenters. The van der Waals surface area contributed by atoms with Crippen molar-refractivity contribution in [1.82, 2.24) is 0 Å². The van der Waals surface area contributed by atoms with Gasteiger partial charge in [0.15, 0.2) is 0 Å². The van der Waals surface area contributed by atoms with Gasteiger partial charge in [-0.3, -0.25) is 0 Å². The van der Waals surface area contributed by atoms with E-state index in [1.54, 1.807) is 0 Å². The quantitative estimate of drug-likeness (QED) is 0.277. The zero-order valence-electron chi connectivity index (χ0n) is 18.2. The Labute approximate surface area is 178 Å². The summed E-state index contributed by atoms with van der Waals surface area (Å²) in [4.78, 5) is 0. The fourth-order valence-corrected chi connectivity index (χ4v) is 4.51. The van der Waals surface area contributed by atoms with Crippen LogP contribution >= 0.6 is 0 Å². The zero-order chi connectivity index (χ0) is 20.3. The predicted molar refractivity (Wildman–Crippen MR) is 125 cm³/mol. The minimum atomic E-state index is 0.718. The second-order valence-electron chi connectivity index (χ2n) is 8.66. The first-order chi connectivity index (χ1) is 14.3. The van der Waals surface area contributed by atoms with E-state index in [0.717, 1.165) is 31.5 Å². The summed E-state index contributed by atoms with van der Waals surface area (Å²) in [5.74, 6) is 1.69. The highest BCUT2D eigenvalue weighted by Gasteiger charge is 2.21. The van der Waals surface area contributed by atoms with Gasteiger partial charge in [-0.15, -0.1) is 6.58 Å². The van der Waals surface area contributed by atoms with Crippen molar-refractivity contribution in [1.29, 1.82) is 0 Å². The summed E-state index contributed by atoms with van der Waals surface area (Å²) >= 11 is 0. The SMILES string of the molecule is C=CCCC[C@H]1CC[C@H](c2ccc(-c3ccc(COCCCC)cc3)cc2)CC1. The van der Waals surface area contributed by atoms with Gasteiger partial charge in [0, 0.05) is 6.61 Å². The van der Waals surface area contributed by atoms with E-state index in [0.29, 0.717) is 0 Å². The van der Waals surface area contributed by atoms with Crippen molar-refractivity contribution in [2.24, 2.45) is 5.92 Å². The lowest BCUT2D eigenvalue weighted by molar-refractivity contribution is 0.118. The van der Waals surface area contributed by atoms with Crippen molar-refractivity contribution >= 4 is 0 Å². The van der Waals surface area contributed by atoms with E-state index >= 15 is 0 Å². The van der Waals surface area contributed by atoms with Crippen LogP contribution in [-0.4, -0.2) is 6.61 Å². The van der Waals surface area contributed by atoms with Crippen LogP contribution in [0.5, 0.6) is 0 Å². The van der Waals surface area contributed by atoms with E-state index in [-0.39, 0.29) is 0 Å². The predicted octanol–water partition coefficient (Wildman–Crippen LogP) is 8.30. The smallest absolute Gasteiger partial charge is 0.0716 e. The van der Waals surface area contributed by atoms with Gasteiger partial charge in [-0.2, -0.15) is 0 Å². The fraction of sp³-hybridized carbons (Fsp3) is 0.500. The number of unbranched alkanes of at least 4 members (excludes halogenated alkanes) is 2. The van der Waals surface area contributed by atoms with Crippen LogP contribution in [0.3, 0.4) is 0 Å². The van der Waals surface area contributed by atoms with E-state index in [1.165, 1.54) is 73.6 Å². The molecule has 1 aliphatic carbocycles. The molecule has 1 aliphatic rings. The molecule has 0 spiro atoms. The summed E-state index contributed by atoms with van der Waals surface area (Å²) < 4.78 is 5.72. The Morgan fingerprint density at radius 2 is 1.55 bits per heavy atom. The number of benzene rings is 2. The normalized spacial score (nSPS) is 19.2. The highest BCUT2D eigenvalue weighted by molar-refractivity contribution is 5.64. The molecule has 29 heavy (non-hydrogen) atoms. The fourth-order valence-electron chi connectivity index (χ4n) is 4.51. The maximum Gasteiger partial charge on any atom is 0.0716 e. The number of hydrogen-bond donors (Lipinski definition) is 0. The molecule has 1 saturated carbocycles. The molecule has 1 nitrogen and oxygen atoms in total. The molecule has 0 bridgehead atoms. The lowest BCUT2D eigenvalue weighted by Crippen LogP contribution is -2.13. The van der Waals surface area contributed by atoms with Gasteiger partial charge in [-0.25, -0.2) is 0 Å². The van der Waals surface area contributed by atoms with Crippen LogP contribution in [0, 0.1) is 5.92 Å². The third-order valence-corrected chi connectivity index (χ3v) is 6.45. The lowest BCUT2D eigenvalue weighted by atomic mass is 9.77. The van der Waals surface area contributed by atoms with Gasteiger partial charge in [0.1, 0.15) is 0 Å². The van der Waals surface area contributed by atoms with Gasteiger partial charge < -0.3 is 4.74 Å². The molecule has 0 aromatic heterocycles. The molecule has 0 radical (unpaired) electrons. The molecule has 156 valence electrons. The third-order valence-electron chi connectivity index (χ3n) is 6.45. The van der Waals surface area contributed by atoms with E-state index in [4.69, 9.17) is 4.74 Å². The first-order valence-electron chi connectivity index (χ1n) is 11.7. The maximum atomic E-state index is 5.72. The molecule has 0 aliphatic heterocycles. The van der Waals surface area contributed by atoms with Crippen molar-refractivity contribution in [3.05, 3.63) is 72.3 Å². The number of ether oxygens (including phenoxy) is 1. The van der Waals surface area contributed by atoms with Gasteiger partial charge in [-0.1, -0.05) is 74.4 Å². The van der Waals surface area contributed by atoms with E-state index < -0.39 is 0 Å². The van der Waals surface area contributed by atoms with Gasteiger partial charge in [-0.05, 0) is 79.0 Å². The molecule has 1 fully saturated rings. The number of allylic oxidation sites excluding steroid dienone is 1. The average Bonchev–Trinajstić information content (AvgIpc) is 2.78. The van der Waals surface area contributed by atoms with Gasteiger partial charge >= 0.3 is 0 Å². The van der Waals surface area contributed by atoms with Crippen LogP contribution in [0.15, 0.2) is 61.2 Å². The summed E-state index contributed by atoms with van der Waals surface area (Å²) in [6.07, 6.45) is 13.8. The van der Waals surface area contributed by atoms with Crippen LogP contribution < -0.4 is 0 Å². The molecule has 2 aromatic rings. The monoisotopic (exact) mass is 390 g/mol. The largest absolute Gasteiger partial charge is 0.377 e. The van der Waals surface area contributed by atoms with Gasteiger partial charge in [0.25, 0.3) is 0 Å². The van der Waals surface area contributed by atoms with E-state index in [1.807, 2.05) is 0 Å². The Morgan fingerprint density at radius 3 is 2.17 bits per heavy atom. The third kappa shape index (κ3) is 6.85. The molecule has 0 atom stereocenters. The first kappa shape index (κ1) is 21.8.